The van der Waals surface area contributed by atoms with Gasteiger partial charge in [-0.1, -0.05) is 13.8 Å². The second kappa shape index (κ2) is 5.88. The summed E-state index contributed by atoms with van der Waals surface area (Å²) in [6.45, 7) is 5.88. The van der Waals surface area contributed by atoms with Crippen molar-refractivity contribution in [2.24, 2.45) is 5.92 Å². The zero-order valence-electron chi connectivity index (χ0n) is 11.6. The standard InChI is InChI=1S/C13H26N2O2S/c1-11(2)7-9-18(16,17)15(13-5-6-13)10-12-4-3-8-14-12/h11-14H,3-10H2,1-2H3. The van der Waals surface area contributed by atoms with Crippen LogP contribution in [0.5, 0.6) is 0 Å². The first-order valence-corrected chi connectivity index (χ1v) is 8.83. The van der Waals surface area contributed by atoms with Gasteiger partial charge in [0.1, 0.15) is 0 Å². The van der Waals surface area contributed by atoms with Crippen LogP contribution in [0, 0.1) is 5.92 Å². The van der Waals surface area contributed by atoms with Crippen molar-refractivity contribution in [1.29, 1.82) is 0 Å². The Kier molecular flexibility index (Phi) is 4.67. The van der Waals surface area contributed by atoms with E-state index < -0.39 is 10.0 Å². The fourth-order valence-electron chi connectivity index (χ4n) is 2.48. The molecule has 1 heterocycles. The molecule has 1 unspecified atom stereocenters. The van der Waals surface area contributed by atoms with Crippen molar-refractivity contribution < 1.29 is 8.42 Å². The second-order valence-electron chi connectivity index (χ2n) is 6.09. The lowest BCUT2D eigenvalue weighted by Crippen LogP contribution is -2.43. The first-order chi connectivity index (χ1) is 8.49. The lowest BCUT2D eigenvalue weighted by Gasteiger charge is -2.25. The summed E-state index contributed by atoms with van der Waals surface area (Å²) < 4.78 is 26.6. The molecule has 0 aromatic rings. The normalized spacial score (nSPS) is 25.2. The van der Waals surface area contributed by atoms with Gasteiger partial charge >= 0.3 is 0 Å². The summed E-state index contributed by atoms with van der Waals surface area (Å²) in [6, 6.07) is 0.670. The minimum Gasteiger partial charge on any atom is -0.313 e. The van der Waals surface area contributed by atoms with E-state index in [4.69, 9.17) is 0 Å². The summed E-state index contributed by atoms with van der Waals surface area (Å²) in [4.78, 5) is 0. The van der Waals surface area contributed by atoms with E-state index in [-0.39, 0.29) is 0 Å². The molecule has 2 rings (SSSR count). The maximum Gasteiger partial charge on any atom is 0.214 e. The predicted molar refractivity (Wildman–Crippen MR) is 74.0 cm³/mol. The molecule has 1 atom stereocenters. The molecule has 2 fully saturated rings. The molecule has 1 saturated carbocycles. The van der Waals surface area contributed by atoms with E-state index in [9.17, 15) is 8.42 Å². The van der Waals surface area contributed by atoms with Gasteiger partial charge in [0, 0.05) is 18.6 Å². The van der Waals surface area contributed by atoms with Crippen LogP contribution in [0.3, 0.4) is 0 Å². The van der Waals surface area contributed by atoms with Gasteiger partial charge in [-0.05, 0) is 44.6 Å². The summed E-state index contributed by atoms with van der Waals surface area (Å²) in [5.41, 5.74) is 0. The highest BCUT2D eigenvalue weighted by Gasteiger charge is 2.38. The third-order valence-corrected chi connectivity index (χ3v) is 5.74. The Hall–Kier alpha value is -0.130. The van der Waals surface area contributed by atoms with E-state index in [0.717, 1.165) is 32.2 Å². The van der Waals surface area contributed by atoms with Crippen LogP contribution >= 0.6 is 0 Å². The van der Waals surface area contributed by atoms with E-state index in [1.807, 2.05) is 0 Å². The third kappa shape index (κ3) is 3.93. The zero-order valence-corrected chi connectivity index (χ0v) is 12.4. The van der Waals surface area contributed by atoms with Gasteiger partial charge < -0.3 is 5.32 Å². The number of nitrogens with zero attached hydrogens (tertiary/aromatic N) is 1. The fourth-order valence-corrected chi connectivity index (χ4v) is 4.56. The molecule has 1 aliphatic heterocycles. The molecule has 4 nitrogen and oxygen atoms in total. The van der Waals surface area contributed by atoms with Gasteiger partial charge in [-0.2, -0.15) is 4.31 Å². The Morgan fingerprint density at radius 1 is 1.28 bits per heavy atom. The van der Waals surface area contributed by atoms with Gasteiger partial charge in [0.15, 0.2) is 0 Å². The van der Waals surface area contributed by atoms with Gasteiger partial charge in [-0.15, -0.1) is 0 Å². The molecule has 2 aliphatic rings. The molecule has 0 aromatic heterocycles. The van der Waals surface area contributed by atoms with Crippen LogP contribution in [0.25, 0.3) is 0 Å². The molecule has 18 heavy (non-hydrogen) atoms. The Labute approximate surface area is 111 Å². The van der Waals surface area contributed by atoms with E-state index in [0.29, 0.717) is 30.3 Å². The summed E-state index contributed by atoms with van der Waals surface area (Å²) in [5, 5.41) is 3.40. The maximum absolute atomic E-state index is 12.4. The van der Waals surface area contributed by atoms with Crippen LogP contribution in [-0.4, -0.2) is 43.6 Å². The highest BCUT2D eigenvalue weighted by Crippen LogP contribution is 2.30. The first-order valence-electron chi connectivity index (χ1n) is 7.22. The monoisotopic (exact) mass is 274 g/mol. The van der Waals surface area contributed by atoms with E-state index in [1.54, 1.807) is 4.31 Å². The van der Waals surface area contributed by atoms with Crippen molar-refractivity contribution in [3.8, 4) is 0 Å². The smallest absolute Gasteiger partial charge is 0.214 e. The van der Waals surface area contributed by atoms with Crippen LogP contribution in [0.15, 0.2) is 0 Å². The summed E-state index contributed by atoms with van der Waals surface area (Å²) >= 11 is 0. The molecule has 0 bridgehead atoms. The molecular formula is C13H26N2O2S. The van der Waals surface area contributed by atoms with Gasteiger partial charge in [0.25, 0.3) is 0 Å². The number of nitrogens with one attached hydrogen (secondary N) is 1. The van der Waals surface area contributed by atoms with Crippen molar-refractivity contribution >= 4 is 10.0 Å². The Balaban J connectivity index is 1.95. The first kappa shape index (κ1) is 14.3. The minimum absolute atomic E-state index is 0.296. The number of hydrogen-bond acceptors (Lipinski definition) is 3. The van der Waals surface area contributed by atoms with Crippen LogP contribution in [0.2, 0.25) is 0 Å². The van der Waals surface area contributed by atoms with Crippen LogP contribution in [0.4, 0.5) is 0 Å². The quantitative estimate of drug-likeness (QED) is 0.767. The third-order valence-electron chi connectivity index (χ3n) is 3.83. The van der Waals surface area contributed by atoms with Crippen molar-refractivity contribution in [2.45, 2.75) is 58.0 Å². The van der Waals surface area contributed by atoms with Crippen LogP contribution in [0.1, 0.15) is 46.0 Å². The SMILES string of the molecule is CC(C)CCS(=O)(=O)N(CC1CCCN1)C1CC1. The molecule has 0 spiro atoms. The van der Waals surface area contributed by atoms with Crippen molar-refractivity contribution in [2.75, 3.05) is 18.8 Å². The topological polar surface area (TPSA) is 49.4 Å². The molecule has 1 aliphatic carbocycles. The summed E-state index contributed by atoms with van der Waals surface area (Å²) in [6.07, 6.45) is 5.16. The lowest BCUT2D eigenvalue weighted by atomic mass is 10.2. The molecule has 0 aromatic carbocycles. The van der Waals surface area contributed by atoms with Gasteiger partial charge in [-0.25, -0.2) is 8.42 Å². The Bertz CT molecular complexity index is 357. The van der Waals surface area contributed by atoms with Crippen LogP contribution < -0.4 is 5.32 Å². The largest absolute Gasteiger partial charge is 0.313 e. The molecule has 106 valence electrons. The number of sulfonamides is 1. The van der Waals surface area contributed by atoms with Crippen LogP contribution in [-0.2, 0) is 10.0 Å². The van der Waals surface area contributed by atoms with E-state index in [2.05, 4.69) is 19.2 Å². The molecule has 1 N–H and O–H groups in total. The summed E-state index contributed by atoms with van der Waals surface area (Å²) in [5.74, 6) is 0.763. The lowest BCUT2D eigenvalue weighted by molar-refractivity contribution is 0.361. The van der Waals surface area contributed by atoms with Crippen molar-refractivity contribution in [3.05, 3.63) is 0 Å². The van der Waals surface area contributed by atoms with Crippen molar-refractivity contribution in [1.82, 2.24) is 9.62 Å². The molecule has 5 heteroatoms. The van der Waals surface area contributed by atoms with Gasteiger partial charge in [-0.3, -0.25) is 0 Å². The number of rotatable bonds is 7. The Morgan fingerprint density at radius 2 is 2.00 bits per heavy atom. The fraction of sp³-hybridized carbons (Fsp3) is 1.00. The van der Waals surface area contributed by atoms with E-state index >= 15 is 0 Å². The van der Waals surface area contributed by atoms with Gasteiger partial charge in [0.05, 0.1) is 5.75 Å². The number of hydrogen-bond donors (Lipinski definition) is 1. The molecule has 0 amide bonds. The minimum atomic E-state index is -3.05. The zero-order chi connectivity index (χ0) is 13.2. The molecular weight excluding hydrogens is 248 g/mol. The van der Waals surface area contributed by atoms with E-state index in [1.165, 1.54) is 6.42 Å². The average molecular weight is 274 g/mol. The maximum atomic E-state index is 12.4. The highest BCUT2D eigenvalue weighted by molar-refractivity contribution is 7.89. The predicted octanol–water partition coefficient (Wildman–Crippen LogP) is 1.58. The molecule has 0 radical (unpaired) electrons. The second-order valence-corrected chi connectivity index (χ2v) is 8.13. The molecule has 1 saturated heterocycles. The van der Waals surface area contributed by atoms with Crippen molar-refractivity contribution in [3.63, 3.8) is 0 Å². The summed E-state index contributed by atoms with van der Waals surface area (Å²) in [7, 11) is -3.05. The Morgan fingerprint density at radius 3 is 2.50 bits per heavy atom. The average Bonchev–Trinajstić information content (AvgIpc) is 3.00. The van der Waals surface area contributed by atoms with Gasteiger partial charge in [0.2, 0.25) is 10.0 Å². The highest BCUT2D eigenvalue weighted by atomic mass is 32.2.